The molecule has 2 nitrogen and oxygen atoms in total. The summed E-state index contributed by atoms with van der Waals surface area (Å²) in [6, 6.07) is 10.5. The lowest BCUT2D eigenvalue weighted by atomic mass is 10.2. The molecule has 0 unspecified atom stereocenters. The van der Waals surface area contributed by atoms with Crippen LogP contribution in [-0.2, 0) is 11.3 Å². The highest BCUT2D eigenvalue weighted by Gasteiger charge is 2.34. The third-order valence-electron chi connectivity index (χ3n) is 2.09. The van der Waals surface area contributed by atoms with Crippen molar-refractivity contribution in [3.8, 4) is 0 Å². The van der Waals surface area contributed by atoms with Crippen molar-refractivity contribution in [3.05, 3.63) is 35.9 Å². The molecule has 2 rings (SSSR count). The van der Waals surface area contributed by atoms with Crippen molar-refractivity contribution in [1.82, 2.24) is 0 Å². The molecule has 1 aromatic carbocycles. The topological polar surface area (TPSA) is 35.2 Å². The molecule has 0 radical (unpaired) electrons. The van der Waals surface area contributed by atoms with Gasteiger partial charge in [0.1, 0.15) is 0 Å². The van der Waals surface area contributed by atoms with Crippen LogP contribution in [0.3, 0.4) is 0 Å². The molecule has 2 N–H and O–H groups in total. The van der Waals surface area contributed by atoms with E-state index < -0.39 is 0 Å². The van der Waals surface area contributed by atoms with Gasteiger partial charge < -0.3 is 10.5 Å². The van der Waals surface area contributed by atoms with E-state index in [0.717, 1.165) is 6.42 Å². The first-order valence-corrected chi connectivity index (χ1v) is 4.27. The quantitative estimate of drug-likeness (QED) is 0.729. The fourth-order valence-corrected chi connectivity index (χ4v) is 1.16. The molecule has 0 heterocycles. The lowest BCUT2D eigenvalue weighted by molar-refractivity contribution is 0.102. The molecular formula is C10H13NO. The monoisotopic (exact) mass is 163 g/mol. The third-order valence-corrected chi connectivity index (χ3v) is 2.09. The molecule has 0 amide bonds. The maximum Gasteiger partial charge on any atom is 0.0747 e. The average Bonchev–Trinajstić information content (AvgIpc) is 2.81. The van der Waals surface area contributed by atoms with E-state index in [1.165, 1.54) is 5.56 Å². The second kappa shape index (κ2) is 3.25. The fraction of sp³-hybridized carbons (Fsp3) is 0.400. The van der Waals surface area contributed by atoms with Crippen LogP contribution >= 0.6 is 0 Å². The summed E-state index contributed by atoms with van der Waals surface area (Å²) < 4.78 is 5.53. The van der Waals surface area contributed by atoms with E-state index >= 15 is 0 Å². The maximum atomic E-state index is 5.61. The van der Waals surface area contributed by atoms with Crippen LogP contribution in [0.5, 0.6) is 0 Å². The molecule has 1 aromatic rings. The molecular weight excluding hydrogens is 150 g/mol. The zero-order valence-electron chi connectivity index (χ0n) is 6.94. The number of rotatable bonds is 3. The minimum atomic E-state index is 0.286. The van der Waals surface area contributed by atoms with Crippen molar-refractivity contribution in [2.45, 2.75) is 25.2 Å². The second-order valence-corrected chi connectivity index (χ2v) is 3.23. The lowest BCUT2D eigenvalue weighted by Crippen LogP contribution is -2.08. The summed E-state index contributed by atoms with van der Waals surface area (Å²) in [6.07, 6.45) is 1.33. The van der Waals surface area contributed by atoms with E-state index in [1.807, 2.05) is 18.2 Å². The minimum absolute atomic E-state index is 0.286. The first-order valence-electron chi connectivity index (χ1n) is 4.27. The number of nitrogens with two attached hydrogens (primary N) is 1. The number of hydrogen-bond donors (Lipinski definition) is 1. The van der Waals surface area contributed by atoms with Crippen LogP contribution in [0.15, 0.2) is 30.3 Å². The third kappa shape index (κ3) is 1.84. The summed E-state index contributed by atoms with van der Waals surface area (Å²) in [6.45, 7) is 0.694. The van der Waals surface area contributed by atoms with Crippen molar-refractivity contribution < 1.29 is 4.74 Å². The summed E-state index contributed by atoms with van der Waals surface area (Å²) in [5, 5.41) is 0. The highest BCUT2D eigenvalue weighted by Crippen LogP contribution is 2.23. The molecule has 64 valence electrons. The Bertz CT molecular complexity index is 247. The summed E-state index contributed by atoms with van der Waals surface area (Å²) in [4.78, 5) is 0. The summed E-state index contributed by atoms with van der Waals surface area (Å²) >= 11 is 0. The van der Waals surface area contributed by atoms with Gasteiger partial charge in [0, 0.05) is 6.04 Å². The Morgan fingerprint density at radius 2 is 2.00 bits per heavy atom. The molecule has 0 saturated heterocycles. The van der Waals surface area contributed by atoms with Crippen LogP contribution in [0, 0.1) is 0 Å². The van der Waals surface area contributed by atoms with Gasteiger partial charge in [-0.1, -0.05) is 30.3 Å². The lowest BCUT2D eigenvalue weighted by Gasteiger charge is -2.01. The Kier molecular flexibility index (Phi) is 2.11. The van der Waals surface area contributed by atoms with E-state index in [4.69, 9.17) is 10.5 Å². The molecule has 0 aliphatic heterocycles. The van der Waals surface area contributed by atoms with E-state index in [-0.39, 0.29) is 6.04 Å². The van der Waals surface area contributed by atoms with Gasteiger partial charge in [-0.2, -0.15) is 0 Å². The second-order valence-electron chi connectivity index (χ2n) is 3.23. The highest BCUT2D eigenvalue weighted by molar-refractivity contribution is 5.13. The summed E-state index contributed by atoms with van der Waals surface area (Å²) in [7, 11) is 0. The van der Waals surface area contributed by atoms with Gasteiger partial charge in [-0.3, -0.25) is 0 Å². The molecule has 1 aliphatic rings. The van der Waals surface area contributed by atoms with E-state index in [0.29, 0.717) is 12.7 Å². The molecule has 1 saturated carbocycles. The largest absolute Gasteiger partial charge is 0.372 e. The van der Waals surface area contributed by atoms with Gasteiger partial charge >= 0.3 is 0 Å². The maximum absolute atomic E-state index is 5.61. The van der Waals surface area contributed by atoms with Crippen molar-refractivity contribution in [3.63, 3.8) is 0 Å². The van der Waals surface area contributed by atoms with Crippen molar-refractivity contribution >= 4 is 0 Å². The fourth-order valence-electron chi connectivity index (χ4n) is 1.16. The van der Waals surface area contributed by atoms with Crippen LogP contribution in [0.2, 0.25) is 0 Å². The molecule has 1 aliphatic carbocycles. The molecule has 0 aromatic heterocycles. The van der Waals surface area contributed by atoms with Crippen LogP contribution in [0.1, 0.15) is 12.0 Å². The van der Waals surface area contributed by atoms with Gasteiger partial charge in [0.25, 0.3) is 0 Å². The normalized spacial score (nSPS) is 27.1. The van der Waals surface area contributed by atoms with Gasteiger partial charge in [0.2, 0.25) is 0 Å². The van der Waals surface area contributed by atoms with Gasteiger partial charge in [-0.15, -0.1) is 0 Å². The minimum Gasteiger partial charge on any atom is -0.372 e. The van der Waals surface area contributed by atoms with Crippen molar-refractivity contribution in [2.24, 2.45) is 5.73 Å². The summed E-state index contributed by atoms with van der Waals surface area (Å²) in [5.74, 6) is 0. The molecule has 0 spiro atoms. The first-order chi connectivity index (χ1) is 5.86. The SMILES string of the molecule is N[C@H]1C[C@H]1OCc1ccccc1. The highest BCUT2D eigenvalue weighted by atomic mass is 16.5. The van der Waals surface area contributed by atoms with Crippen molar-refractivity contribution in [2.75, 3.05) is 0 Å². The Hall–Kier alpha value is -0.860. The van der Waals surface area contributed by atoms with Gasteiger partial charge in [-0.05, 0) is 12.0 Å². The zero-order valence-corrected chi connectivity index (χ0v) is 6.94. The average molecular weight is 163 g/mol. The van der Waals surface area contributed by atoms with E-state index in [9.17, 15) is 0 Å². The van der Waals surface area contributed by atoms with Gasteiger partial charge in [-0.25, -0.2) is 0 Å². The van der Waals surface area contributed by atoms with Crippen LogP contribution in [-0.4, -0.2) is 12.1 Å². The van der Waals surface area contributed by atoms with Crippen molar-refractivity contribution in [1.29, 1.82) is 0 Å². The Balaban J connectivity index is 1.80. The zero-order chi connectivity index (χ0) is 8.39. The number of benzene rings is 1. The Morgan fingerprint density at radius 1 is 1.33 bits per heavy atom. The molecule has 2 heteroatoms. The van der Waals surface area contributed by atoms with Gasteiger partial charge in [0.05, 0.1) is 12.7 Å². The standard InChI is InChI=1S/C10H13NO/c11-9-6-10(9)12-7-8-4-2-1-3-5-8/h1-5,9-10H,6-7,11H2/t9-,10+/m0/s1. The Morgan fingerprint density at radius 3 is 2.58 bits per heavy atom. The molecule has 1 fully saturated rings. The molecule has 12 heavy (non-hydrogen) atoms. The summed E-state index contributed by atoms with van der Waals surface area (Å²) in [5.41, 5.74) is 6.82. The van der Waals surface area contributed by atoms with Crippen LogP contribution in [0.25, 0.3) is 0 Å². The molecule has 0 bridgehead atoms. The predicted octanol–water partition coefficient (Wildman–Crippen LogP) is 1.30. The van der Waals surface area contributed by atoms with Gasteiger partial charge in [0.15, 0.2) is 0 Å². The smallest absolute Gasteiger partial charge is 0.0747 e. The first kappa shape index (κ1) is 7.77. The van der Waals surface area contributed by atoms with Crippen LogP contribution in [0.4, 0.5) is 0 Å². The van der Waals surface area contributed by atoms with Crippen LogP contribution < -0.4 is 5.73 Å². The number of ether oxygens (including phenoxy) is 1. The van der Waals surface area contributed by atoms with E-state index in [2.05, 4.69) is 12.1 Å². The van der Waals surface area contributed by atoms with E-state index in [1.54, 1.807) is 0 Å². The predicted molar refractivity (Wildman–Crippen MR) is 47.6 cm³/mol. The molecule has 2 atom stereocenters. The Labute approximate surface area is 72.3 Å². The number of hydrogen-bond acceptors (Lipinski definition) is 2.